The van der Waals surface area contributed by atoms with Crippen LogP contribution in [-0.4, -0.2) is 26.3 Å². The van der Waals surface area contributed by atoms with Gasteiger partial charge in [0.2, 0.25) is 0 Å². The van der Waals surface area contributed by atoms with Crippen molar-refractivity contribution in [3.63, 3.8) is 0 Å². The van der Waals surface area contributed by atoms with E-state index in [9.17, 15) is 0 Å². The molecule has 0 spiro atoms. The van der Waals surface area contributed by atoms with E-state index in [0.717, 1.165) is 32.4 Å². The Morgan fingerprint density at radius 2 is 2.00 bits per heavy atom. The Labute approximate surface area is 98.1 Å². The van der Waals surface area contributed by atoms with Gasteiger partial charge in [0.05, 0.1) is 6.10 Å². The molecule has 6 heteroatoms. The molecule has 1 unspecified atom stereocenters. The maximum Gasteiger partial charge on any atom is 0.261 e. The zero-order valence-electron chi connectivity index (χ0n) is 9.86. The molecule has 0 amide bonds. The van der Waals surface area contributed by atoms with Crippen molar-refractivity contribution < 1.29 is 9.05 Å². The van der Waals surface area contributed by atoms with Gasteiger partial charge in [-0.3, -0.25) is 0 Å². The summed E-state index contributed by atoms with van der Waals surface area (Å²) in [6, 6.07) is 0. The van der Waals surface area contributed by atoms with Crippen molar-refractivity contribution in [3.05, 3.63) is 0 Å². The average Bonchev–Trinajstić information content (AvgIpc) is 2.16. The number of unbranched alkanes of at least 4 members (excludes halogenated alkanes) is 2. The summed E-state index contributed by atoms with van der Waals surface area (Å²) in [6.07, 6.45) is 3.32. The van der Waals surface area contributed by atoms with E-state index in [-0.39, 0.29) is 6.10 Å². The van der Waals surface area contributed by atoms with Crippen molar-refractivity contribution in [2.45, 2.75) is 39.2 Å². The first-order chi connectivity index (χ1) is 7.04. The summed E-state index contributed by atoms with van der Waals surface area (Å²) in [5.41, 5.74) is 5.41. The van der Waals surface area contributed by atoms with Crippen LogP contribution in [0, 0.1) is 0 Å². The molecule has 0 aromatic carbocycles. The van der Waals surface area contributed by atoms with Crippen LogP contribution in [0.4, 0.5) is 0 Å². The van der Waals surface area contributed by atoms with E-state index in [1.165, 1.54) is 0 Å². The minimum atomic E-state index is -2.25. The van der Waals surface area contributed by atoms with Crippen molar-refractivity contribution >= 4 is 18.4 Å². The molecule has 0 aliphatic heterocycles. The smallest absolute Gasteiger partial charge is 0.261 e. The summed E-state index contributed by atoms with van der Waals surface area (Å²) in [5, 5.41) is 3.18. The van der Waals surface area contributed by atoms with Gasteiger partial charge < -0.3 is 14.8 Å². The Bertz CT molecular complexity index is 203. The fourth-order valence-corrected chi connectivity index (χ4v) is 3.15. The van der Waals surface area contributed by atoms with Crippen LogP contribution >= 0.6 is 6.64 Å². The largest absolute Gasteiger partial charge is 0.330 e. The summed E-state index contributed by atoms with van der Waals surface area (Å²) in [6.45, 7) is 3.24. The second kappa shape index (κ2) is 8.62. The molecule has 0 aliphatic rings. The summed E-state index contributed by atoms with van der Waals surface area (Å²) in [7, 11) is 1.59. The Balaban J connectivity index is 3.73. The van der Waals surface area contributed by atoms with Crippen LogP contribution in [-0.2, 0) is 20.9 Å². The maximum atomic E-state index is 5.56. The fourth-order valence-electron chi connectivity index (χ4n) is 1.08. The Morgan fingerprint density at radius 3 is 2.47 bits per heavy atom. The van der Waals surface area contributed by atoms with Crippen LogP contribution in [0.1, 0.15) is 33.1 Å². The molecule has 0 aromatic rings. The van der Waals surface area contributed by atoms with E-state index < -0.39 is 6.64 Å². The maximum absolute atomic E-state index is 5.56. The van der Waals surface area contributed by atoms with Gasteiger partial charge in [-0.15, -0.1) is 0 Å². The van der Waals surface area contributed by atoms with E-state index in [4.69, 9.17) is 26.6 Å². The van der Waals surface area contributed by atoms with E-state index >= 15 is 0 Å². The highest BCUT2D eigenvalue weighted by Gasteiger charge is 2.17. The van der Waals surface area contributed by atoms with Crippen LogP contribution < -0.4 is 10.8 Å². The molecule has 0 heterocycles. The molecular weight excluding hydrogens is 231 g/mol. The molecule has 0 bridgehead atoms. The molecule has 0 saturated heterocycles. The number of hydrogen-bond acceptors (Lipinski definition) is 4. The normalized spacial score (nSPS) is 15.5. The molecule has 3 N–H and O–H groups in total. The first kappa shape index (κ1) is 15.5. The molecule has 15 heavy (non-hydrogen) atoms. The van der Waals surface area contributed by atoms with Crippen molar-refractivity contribution in [2.75, 3.05) is 20.2 Å². The van der Waals surface area contributed by atoms with Crippen LogP contribution in [0.5, 0.6) is 0 Å². The van der Waals surface area contributed by atoms with E-state index in [1.54, 1.807) is 7.11 Å². The van der Waals surface area contributed by atoms with Gasteiger partial charge in [0, 0.05) is 13.7 Å². The van der Waals surface area contributed by atoms with Crippen molar-refractivity contribution in [1.29, 1.82) is 0 Å². The molecule has 1 atom stereocenters. The summed E-state index contributed by atoms with van der Waals surface area (Å²) < 4.78 is 10.8. The van der Waals surface area contributed by atoms with Gasteiger partial charge in [0.25, 0.3) is 6.64 Å². The van der Waals surface area contributed by atoms with E-state index in [2.05, 4.69) is 5.09 Å². The number of hydrogen-bond donors (Lipinski definition) is 2. The lowest BCUT2D eigenvalue weighted by molar-refractivity contribution is 0.217. The summed E-state index contributed by atoms with van der Waals surface area (Å²) in [4.78, 5) is 0. The SMILES string of the molecule is COP(=S)(NCCCCCN)OC(C)C. The first-order valence-corrected chi connectivity index (χ1v) is 7.97. The second-order valence-corrected chi connectivity index (χ2v) is 6.92. The molecule has 0 aliphatic carbocycles. The third kappa shape index (κ3) is 8.31. The van der Waals surface area contributed by atoms with Crippen LogP contribution in [0.15, 0.2) is 0 Å². The number of nitrogens with two attached hydrogens (primary N) is 1. The standard InChI is InChI=1S/C9H23N2O2PS/c1-9(2)13-14(15,12-3)11-8-6-4-5-7-10/h9H,4-8,10H2,1-3H3,(H,11,15). The highest BCUT2D eigenvalue weighted by molar-refractivity contribution is 8.08. The van der Waals surface area contributed by atoms with Gasteiger partial charge in [-0.05, 0) is 45.0 Å². The Hall–Kier alpha value is 0.490. The predicted molar refractivity (Wildman–Crippen MR) is 68.4 cm³/mol. The molecule has 0 radical (unpaired) electrons. The average molecular weight is 254 g/mol. The predicted octanol–water partition coefficient (Wildman–Crippen LogP) is 2.00. The molecule has 0 saturated carbocycles. The lowest BCUT2D eigenvalue weighted by Gasteiger charge is -2.23. The third-order valence-corrected chi connectivity index (χ3v) is 4.66. The van der Waals surface area contributed by atoms with Crippen LogP contribution in [0.2, 0.25) is 0 Å². The molecule has 0 aromatic heterocycles. The minimum Gasteiger partial charge on any atom is -0.330 e. The summed E-state index contributed by atoms with van der Waals surface area (Å²) >= 11 is 5.29. The van der Waals surface area contributed by atoms with Gasteiger partial charge in [-0.1, -0.05) is 6.42 Å². The lowest BCUT2D eigenvalue weighted by Crippen LogP contribution is -2.17. The Kier molecular flexibility index (Phi) is 8.90. The van der Waals surface area contributed by atoms with Crippen LogP contribution in [0.25, 0.3) is 0 Å². The zero-order valence-corrected chi connectivity index (χ0v) is 11.6. The fraction of sp³-hybridized carbons (Fsp3) is 1.00. The monoisotopic (exact) mass is 254 g/mol. The second-order valence-electron chi connectivity index (χ2n) is 3.59. The molecule has 4 nitrogen and oxygen atoms in total. The highest BCUT2D eigenvalue weighted by Crippen LogP contribution is 2.44. The minimum absolute atomic E-state index is 0.0901. The number of nitrogens with one attached hydrogen (secondary N) is 1. The van der Waals surface area contributed by atoms with Gasteiger partial charge in [-0.25, -0.2) is 5.09 Å². The van der Waals surface area contributed by atoms with Gasteiger partial charge in [-0.2, -0.15) is 0 Å². The van der Waals surface area contributed by atoms with Gasteiger partial charge in [0.1, 0.15) is 0 Å². The van der Waals surface area contributed by atoms with E-state index in [0.29, 0.717) is 0 Å². The third-order valence-electron chi connectivity index (χ3n) is 1.78. The zero-order chi connectivity index (χ0) is 11.7. The van der Waals surface area contributed by atoms with Gasteiger partial charge >= 0.3 is 0 Å². The molecular formula is C9H23N2O2PS. The highest BCUT2D eigenvalue weighted by atomic mass is 32.5. The van der Waals surface area contributed by atoms with Crippen molar-refractivity contribution in [2.24, 2.45) is 5.73 Å². The molecule has 0 fully saturated rings. The molecule has 0 rings (SSSR count). The van der Waals surface area contributed by atoms with Gasteiger partial charge in [0.15, 0.2) is 0 Å². The lowest BCUT2D eigenvalue weighted by atomic mass is 10.2. The Morgan fingerprint density at radius 1 is 1.33 bits per heavy atom. The first-order valence-electron chi connectivity index (χ1n) is 5.33. The molecule has 92 valence electrons. The van der Waals surface area contributed by atoms with Crippen molar-refractivity contribution in [3.8, 4) is 0 Å². The van der Waals surface area contributed by atoms with E-state index in [1.807, 2.05) is 13.8 Å². The van der Waals surface area contributed by atoms with Crippen molar-refractivity contribution in [1.82, 2.24) is 5.09 Å². The summed E-state index contributed by atoms with van der Waals surface area (Å²) in [5.74, 6) is 0. The number of rotatable bonds is 9. The topological polar surface area (TPSA) is 56.5 Å². The van der Waals surface area contributed by atoms with Crippen LogP contribution in [0.3, 0.4) is 0 Å². The quantitative estimate of drug-likeness (QED) is 0.487.